The van der Waals surface area contributed by atoms with Gasteiger partial charge < -0.3 is 19.6 Å². The molecule has 134 valence electrons. The second kappa shape index (κ2) is 8.08. The number of hydrogen-bond donors (Lipinski definition) is 2. The molecule has 3 rings (SSSR count). The molecule has 0 atom stereocenters. The number of anilines is 1. The van der Waals surface area contributed by atoms with Gasteiger partial charge in [0, 0.05) is 16.3 Å². The van der Waals surface area contributed by atoms with Crippen molar-refractivity contribution in [3.05, 3.63) is 70.9 Å². The van der Waals surface area contributed by atoms with Crippen molar-refractivity contribution >= 4 is 23.2 Å². The van der Waals surface area contributed by atoms with Crippen molar-refractivity contribution in [3.63, 3.8) is 0 Å². The average molecular weight is 372 g/mol. The van der Waals surface area contributed by atoms with Crippen LogP contribution >= 0.6 is 11.6 Å². The molecule has 0 fully saturated rings. The van der Waals surface area contributed by atoms with Crippen LogP contribution in [0.5, 0.6) is 5.75 Å². The van der Waals surface area contributed by atoms with Crippen LogP contribution in [0.2, 0.25) is 5.02 Å². The van der Waals surface area contributed by atoms with Crippen LogP contribution in [0.4, 0.5) is 5.69 Å². The summed E-state index contributed by atoms with van der Waals surface area (Å²) >= 11 is 5.82. The number of carbonyl (C=O) groups is 1. The standard InChI is InChI=1S/C20H18ClNO4/c1-13-2-3-14(19-9-8-17(11-23)26-19)10-18(13)22-20(24)12-25-16-6-4-15(21)5-7-16/h2-10,23H,11-12H2,1H3,(H,22,24). The van der Waals surface area contributed by atoms with E-state index in [1.807, 2.05) is 25.1 Å². The van der Waals surface area contributed by atoms with E-state index in [9.17, 15) is 4.79 Å². The number of aryl methyl sites for hydroxylation is 1. The lowest BCUT2D eigenvalue weighted by Crippen LogP contribution is -2.20. The number of furan rings is 1. The van der Waals surface area contributed by atoms with E-state index in [1.54, 1.807) is 36.4 Å². The van der Waals surface area contributed by atoms with Crippen molar-refractivity contribution < 1.29 is 19.1 Å². The smallest absolute Gasteiger partial charge is 0.262 e. The summed E-state index contributed by atoms with van der Waals surface area (Å²) in [6.07, 6.45) is 0. The van der Waals surface area contributed by atoms with Gasteiger partial charge in [-0.05, 0) is 55.0 Å². The van der Waals surface area contributed by atoms with Crippen LogP contribution in [0.25, 0.3) is 11.3 Å². The zero-order chi connectivity index (χ0) is 18.5. The first kappa shape index (κ1) is 18.0. The third kappa shape index (κ3) is 4.45. The summed E-state index contributed by atoms with van der Waals surface area (Å²) in [7, 11) is 0. The lowest BCUT2D eigenvalue weighted by molar-refractivity contribution is -0.118. The molecule has 5 nitrogen and oxygen atoms in total. The van der Waals surface area contributed by atoms with E-state index < -0.39 is 0 Å². The number of amides is 1. The Kier molecular flexibility index (Phi) is 5.61. The largest absolute Gasteiger partial charge is 0.484 e. The molecular formula is C20H18ClNO4. The van der Waals surface area contributed by atoms with E-state index in [2.05, 4.69) is 5.32 Å². The van der Waals surface area contributed by atoms with Gasteiger partial charge in [-0.1, -0.05) is 23.7 Å². The van der Waals surface area contributed by atoms with Gasteiger partial charge in [-0.3, -0.25) is 4.79 Å². The molecule has 0 unspecified atom stereocenters. The van der Waals surface area contributed by atoms with E-state index in [0.29, 0.717) is 28.0 Å². The molecule has 0 bridgehead atoms. The van der Waals surface area contributed by atoms with Crippen LogP contribution in [0, 0.1) is 6.92 Å². The molecule has 0 spiro atoms. The van der Waals surface area contributed by atoms with Gasteiger partial charge >= 0.3 is 0 Å². The molecule has 26 heavy (non-hydrogen) atoms. The lowest BCUT2D eigenvalue weighted by atomic mass is 10.1. The topological polar surface area (TPSA) is 71.7 Å². The number of rotatable bonds is 6. The van der Waals surface area contributed by atoms with E-state index in [-0.39, 0.29) is 19.1 Å². The molecule has 3 aromatic rings. The molecule has 0 aliphatic rings. The summed E-state index contributed by atoms with van der Waals surface area (Å²) in [5, 5.41) is 12.6. The fourth-order valence-electron chi connectivity index (χ4n) is 2.39. The maximum absolute atomic E-state index is 12.2. The number of aliphatic hydroxyl groups is 1. The molecule has 2 N–H and O–H groups in total. The minimum absolute atomic E-state index is 0.110. The van der Waals surface area contributed by atoms with E-state index >= 15 is 0 Å². The Morgan fingerprint density at radius 1 is 1.15 bits per heavy atom. The average Bonchev–Trinajstić information content (AvgIpc) is 3.12. The van der Waals surface area contributed by atoms with Crippen molar-refractivity contribution in [2.45, 2.75) is 13.5 Å². The predicted molar refractivity (Wildman–Crippen MR) is 100 cm³/mol. The van der Waals surface area contributed by atoms with Gasteiger partial charge in [-0.25, -0.2) is 0 Å². The quantitative estimate of drug-likeness (QED) is 0.672. The van der Waals surface area contributed by atoms with Gasteiger partial charge in [-0.2, -0.15) is 0 Å². The van der Waals surface area contributed by atoms with Gasteiger partial charge in [-0.15, -0.1) is 0 Å². The SMILES string of the molecule is Cc1ccc(-c2ccc(CO)o2)cc1NC(=O)COc1ccc(Cl)cc1. The van der Waals surface area contributed by atoms with Gasteiger partial charge in [0.25, 0.3) is 5.91 Å². The second-order valence-corrected chi connectivity index (χ2v) is 6.18. The highest BCUT2D eigenvalue weighted by Crippen LogP contribution is 2.27. The van der Waals surface area contributed by atoms with Gasteiger partial charge in [0.15, 0.2) is 6.61 Å². The van der Waals surface area contributed by atoms with Crippen LogP contribution < -0.4 is 10.1 Å². The highest BCUT2D eigenvalue weighted by Gasteiger charge is 2.10. The summed E-state index contributed by atoms with van der Waals surface area (Å²) in [4.78, 5) is 12.2. The maximum Gasteiger partial charge on any atom is 0.262 e. The number of aliphatic hydroxyl groups excluding tert-OH is 1. The van der Waals surface area contributed by atoms with Crippen molar-refractivity contribution in [2.75, 3.05) is 11.9 Å². The third-order valence-corrected chi connectivity index (χ3v) is 4.05. The Balaban J connectivity index is 1.67. The molecule has 0 saturated carbocycles. The van der Waals surface area contributed by atoms with Crippen molar-refractivity contribution in [1.29, 1.82) is 0 Å². The van der Waals surface area contributed by atoms with E-state index in [0.717, 1.165) is 11.1 Å². The predicted octanol–water partition coefficient (Wildman–Crippen LogP) is 4.42. The van der Waals surface area contributed by atoms with Crippen molar-refractivity contribution in [1.82, 2.24) is 0 Å². The summed E-state index contributed by atoms with van der Waals surface area (Å²) in [6.45, 7) is 1.64. The number of benzene rings is 2. The monoisotopic (exact) mass is 371 g/mol. The van der Waals surface area contributed by atoms with E-state index in [4.69, 9.17) is 25.9 Å². The van der Waals surface area contributed by atoms with Gasteiger partial charge in [0.05, 0.1) is 0 Å². The third-order valence-electron chi connectivity index (χ3n) is 3.80. The highest BCUT2D eigenvalue weighted by molar-refractivity contribution is 6.30. The lowest BCUT2D eigenvalue weighted by Gasteiger charge is -2.11. The molecule has 6 heteroatoms. The minimum atomic E-state index is -0.268. The summed E-state index contributed by atoms with van der Waals surface area (Å²) in [5.74, 6) is 1.42. The van der Waals surface area contributed by atoms with Crippen LogP contribution in [-0.4, -0.2) is 17.6 Å². The molecule has 2 aromatic carbocycles. The first-order valence-corrected chi connectivity index (χ1v) is 8.42. The summed E-state index contributed by atoms with van der Waals surface area (Å²) in [6, 6.07) is 15.9. The number of ether oxygens (including phenoxy) is 1. The summed E-state index contributed by atoms with van der Waals surface area (Å²) in [5.41, 5.74) is 2.40. The first-order valence-electron chi connectivity index (χ1n) is 8.04. The van der Waals surface area contributed by atoms with Gasteiger partial charge in [0.2, 0.25) is 0 Å². The van der Waals surface area contributed by atoms with Crippen molar-refractivity contribution in [3.8, 4) is 17.1 Å². The Morgan fingerprint density at radius 2 is 1.92 bits per heavy atom. The second-order valence-electron chi connectivity index (χ2n) is 5.74. The van der Waals surface area contributed by atoms with Crippen LogP contribution in [-0.2, 0) is 11.4 Å². The Labute approximate surface area is 156 Å². The molecule has 1 heterocycles. The van der Waals surface area contributed by atoms with Crippen LogP contribution in [0.3, 0.4) is 0 Å². The zero-order valence-electron chi connectivity index (χ0n) is 14.2. The normalized spacial score (nSPS) is 10.6. The Hall–Kier alpha value is -2.76. The number of hydrogen-bond acceptors (Lipinski definition) is 4. The minimum Gasteiger partial charge on any atom is -0.484 e. The first-order chi connectivity index (χ1) is 12.5. The Morgan fingerprint density at radius 3 is 2.62 bits per heavy atom. The maximum atomic E-state index is 12.2. The van der Waals surface area contributed by atoms with Crippen LogP contribution in [0.15, 0.2) is 59.0 Å². The van der Waals surface area contributed by atoms with Crippen molar-refractivity contribution in [2.24, 2.45) is 0 Å². The molecule has 0 saturated heterocycles. The van der Waals surface area contributed by atoms with Crippen LogP contribution in [0.1, 0.15) is 11.3 Å². The fraction of sp³-hybridized carbons (Fsp3) is 0.150. The number of nitrogens with one attached hydrogen (secondary N) is 1. The van der Waals surface area contributed by atoms with Gasteiger partial charge in [0.1, 0.15) is 23.9 Å². The molecular weight excluding hydrogens is 354 g/mol. The number of halogens is 1. The molecule has 0 aliphatic carbocycles. The number of carbonyl (C=O) groups excluding carboxylic acids is 1. The summed E-state index contributed by atoms with van der Waals surface area (Å²) < 4.78 is 11.0. The Bertz CT molecular complexity index is 902. The molecule has 0 radical (unpaired) electrons. The van der Waals surface area contributed by atoms with E-state index in [1.165, 1.54) is 0 Å². The zero-order valence-corrected chi connectivity index (χ0v) is 14.9. The molecule has 1 aromatic heterocycles. The molecule has 0 aliphatic heterocycles. The molecule has 1 amide bonds. The fourth-order valence-corrected chi connectivity index (χ4v) is 2.52. The highest BCUT2D eigenvalue weighted by atomic mass is 35.5.